The standard InChI is InChI=1S/C16H22N4O5/c1-15(2)8-5-9-16(3,25-4)14(15)18-17-12-7-6-11(19(21)22)10-13(12)20(23)24/h6-7,10,17H,5,8-9H2,1-4H3/b18-14+. The van der Waals surface area contributed by atoms with E-state index in [9.17, 15) is 20.2 Å². The maximum atomic E-state index is 11.2. The zero-order valence-electron chi connectivity index (χ0n) is 14.7. The summed E-state index contributed by atoms with van der Waals surface area (Å²) in [5, 5.41) is 26.5. The van der Waals surface area contributed by atoms with Gasteiger partial charge in [-0.15, -0.1) is 0 Å². The van der Waals surface area contributed by atoms with Crippen LogP contribution in [0.2, 0.25) is 0 Å². The highest BCUT2D eigenvalue weighted by molar-refractivity contribution is 5.98. The van der Waals surface area contributed by atoms with Crippen LogP contribution in [0, 0.1) is 25.6 Å². The van der Waals surface area contributed by atoms with Crippen molar-refractivity contribution >= 4 is 22.8 Å². The summed E-state index contributed by atoms with van der Waals surface area (Å²) in [6.45, 7) is 6.04. The minimum atomic E-state index is -0.672. The van der Waals surface area contributed by atoms with Crippen LogP contribution in [0.25, 0.3) is 0 Å². The lowest BCUT2D eigenvalue weighted by atomic mass is 9.68. The lowest BCUT2D eigenvalue weighted by molar-refractivity contribution is -0.393. The average molecular weight is 350 g/mol. The first kappa shape index (κ1) is 18.8. The van der Waals surface area contributed by atoms with Crippen LogP contribution in [0.15, 0.2) is 23.3 Å². The van der Waals surface area contributed by atoms with Crippen molar-refractivity contribution in [2.24, 2.45) is 10.5 Å². The molecule has 0 aromatic heterocycles. The molecular formula is C16H22N4O5. The Bertz CT molecular complexity index is 731. The minimum absolute atomic E-state index is 0.0999. The van der Waals surface area contributed by atoms with Gasteiger partial charge in [-0.3, -0.25) is 25.7 Å². The maximum absolute atomic E-state index is 11.2. The molecule has 1 unspecified atom stereocenters. The van der Waals surface area contributed by atoms with Gasteiger partial charge in [0.05, 0.1) is 21.6 Å². The van der Waals surface area contributed by atoms with E-state index in [0.29, 0.717) is 0 Å². The molecule has 0 amide bonds. The second kappa shape index (κ2) is 6.75. The number of hydrogen-bond acceptors (Lipinski definition) is 7. The number of ether oxygens (including phenoxy) is 1. The fraction of sp³-hybridized carbons (Fsp3) is 0.562. The topological polar surface area (TPSA) is 120 Å². The molecule has 1 fully saturated rings. The number of nitrogens with zero attached hydrogens (tertiary/aromatic N) is 3. The van der Waals surface area contributed by atoms with Crippen LogP contribution in [0.5, 0.6) is 0 Å². The minimum Gasteiger partial charge on any atom is -0.372 e. The third-order valence-corrected chi connectivity index (χ3v) is 4.73. The fourth-order valence-electron chi connectivity index (χ4n) is 3.28. The molecule has 0 spiro atoms. The van der Waals surface area contributed by atoms with Crippen molar-refractivity contribution in [3.63, 3.8) is 0 Å². The summed E-state index contributed by atoms with van der Waals surface area (Å²) in [6, 6.07) is 3.42. The zero-order chi connectivity index (χ0) is 18.8. The molecule has 0 radical (unpaired) electrons. The number of rotatable bonds is 5. The molecule has 1 atom stereocenters. The zero-order valence-corrected chi connectivity index (χ0v) is 14.7. The molecule has 136 valence electrons. The maximum Gasteiger partial charge on any atom is 0.301 e. The second-order valence-corrected chi connectivity index (χ2v) is 6.96. The molecular weight excluding hydrogens is 328 g/mol. The number of nitrogens with one attached hydrogen (secondary N) is 1. The summed E-state index contributed by atoms with van der Waals surface area (Å²) in [6.07, 6.45) is 2.72. The van der Waals surface area contributed by atoms with Gasteiger partial charge < -0.3 is 4.74 Å². The highest BCUT2D eigenvalue weighted by atomic mass is 16.6. The average Bonchev–Trinajstić information content (AvgIpc) is 2.53. The van der Waals surface area contributed by atoms with Gasteiger partial charge in [0.2, 0.25) is 0 Å². The van der Waals surface area contributed by atoms with Gasteiger partial charge in [0, 0.05) is 18.6 Å². The number of anilines is 1. The smallest absolute Gasteiger partial charge is 0.301 e. The predicted octanol–water partition coefficient (Wildman–Crippen LogP) is 3.89. The van der Waals surface area contributed by atoms with Crippen LogP contribution in [0.3, 0.4) is 0 Å². The van der Waals surface area contributed by atoms with Crippen LogP contribution in [-0.2, 0) is 4.74 Å². The molecule has 0 bridgehead atoms. The van der Waals surface area contributed by atoms with Gasteiger partial charge in [-0.1, -0.05) is 13.8 Å². The number of nitro groups is 2. The number of non-ortho nitro benzene ring substituents is 1. The normalized spacial score (nSPS) is 24.1. The molecule has 9 nitrogen and oxygen atoms in total. The Labute approximate surface area is 145 Å². The first-order valence-corrected chi connectivity index (χ1v) is 7.93. The Hall–Kier alpha value is -2.55. The summed E-state index contributed by atoms with van der Waals surface area (Å²) >= 11 is 0. The van der Waals surface area contributed by atoms with Crippen LogP contribution in [-0.4, -0.2) is 28.3 Å². The van der Waals surface area contributed by atoms with Crippen molar-refractivity contribution in [3.05, 3.63) is 38.4 Å². The van der Waals surface area contributed by atoms with Crippen LogP contribution >= 0.6 is 0 Å². The molecule has 2 rings (SSSR count). The summed E-state index contributed by atoms with van der Waals surface area (Å²) < 4.78 is 5.65. The van der Waals surface area contributed by atoms with Crippen molar-refractivity contribution < 1.29 is 14.6 Å². The van der Waals surface area contributed by atoms with Crippen molar-refractivity contribution in [2.75, 3.05) is 12.5 Å². The summed E-state index contributed by atoms with van der Waals surface area (Å²) in [5.74, 6) is 0. The van der Waals surface area contributed by atoms with Gasteiger partial charge in [-0.2, -0.15) is 5.10 Å². The van der Waals surface area contributed by atoms with Crippen molar-refractivity contribution in [1.29, 1.82) is 0 Å². The van der Waals surface area contributed by atoms with Crippen molar-refractivity contribution in [2.45, 2.75) is 45.6 Å². The highest BCUT2D eigenvalue weighted by Crippen LogP contribution is 2.40. The number of hydrogen-bond donors (Lipinski definition) is 1. The third-order valence-electron chi connectivity index (χ3n) is 4.73. The van der Waals surface area contributed by atoms with E-state index in [-0.39, 0.29) is 16.8 Å². The van der Waals surface area contributed by atoms with Crippen LogP contribution in [0.1, 0.15) is 40.0 Å². The van der Waals surface area contributed by atoms with Crippen molar-refractivity contribution in [3.8, 4) is 0 Å². The summed E-state index contributed by atoms with van der Waals surface area (Å²) in [5.41, 5.74) is 2.05. The summed E-state index contributed by atoms with van der Waals surface area (Å²) in [4.78, 5) is 20.7. The van der Waals surface area contributed by atoms with Gasteiger partial charge in [-0.05, 0) is 32.3 Å². The number of nitro benzene ring substituents is 2. The van der Waals surface area contributed by atoms with E-state index >= 15 is 0 Å². The predicted molar refractivity (Wildman–Crippen MR) is 93.9 cm³/mol. The lowest BCUT2D eigenvalue weighted by Gasteiger charge is -2.43. The Balaban J connectivity index is 2.42. The van der Waals surface area contributed by atoms with E-state index in [4.69, 9.17) is 4.74 Å². The SMILES string of the molecule is COC1(C)CCCC(C)(C)/C1=N\Nc1ccc([N+](=O)[O-])cc1[N+](=O)[O-]. The number of methoxy groups -OCH3 is 1. The van der Waals surface area contributed by atoms with E-state index < -0.39 is 21.1 Å². The van der Waals surface area contributed by atoms with Crippen LogP contribution in [0.4, 0.5) is 17.1 Å². The molecule has 9 heteroatoms. The first-order valence-electron chi connectivity index (χ1n) is 7.93. The molecule has 1 aromatic rings. The van der Waals surface area contributed by atoms with Gasteiger partial charge in [0.1, 0.15) is 11.3 Å². The highest BCUT2D eigenvalue weighted by Gasteiger charge is 2.44. The Kier molecular flexibility index (Phi) is 5.07. The van der Waals surface area contributed by atoms with E-state index in [1.54, 1.807) is 7.11 Å². The number of benzene rings is 1. The number of hydrazone groups is 1. The van der Waals surface area contributed by atoms with E-state index in [2.05, 4.69) is 10.5 Å². The molecule has 0 saturated heterocycles. The second-order valence-electron chi connectivity index (χ2n) is 6.96. The monoisotopic (exact) mass is 350 g/mol. The van der Waals surface area contributed by atoms with Gasteiger partial charge in [0.15, 0.2) is 0 Å². The third kappa shape index (κ3) is 3.76. The van der Waals surface area contributed by atoms with Gasteiger partial charge in [-0.25, -0.2) is 0 Å². The Morgan fingerprint density at radius 3 is 2.40 bits per heavy atom. The molecule has 1 N–H and O–H groups in total. The van der Waals surface area contributed by atoms with Gasteiger partial charge >= 0.3 is 5.69 Å². The van der Waals surface area contributed by atoms with Crippen molar-refractivity contribution in [1.82, 2.24) is 0 Å². The Morgan fingerprint density at radius 2 is 1.84 bits per heavy atom. The first-order chi connectivity index (χ1) is 11.6. The van der Waals surface area contributed by atoms with E-state index in [1.807, 2.05) is 20.8 Å². The van der Waals surface area contributed by atoms with E-state index in [0.717, 1.165) is 31.0 Å². The van der Waals surface area contributed by atoms with Gasteiger partial charge in [0.25, 0.3) is 5.69 Å². The molecule has 1 aliphatic carbocycles. The summed E-state index contributed by atoms with van der Waals surface area (Å²) in [7, 11) is 1.62. The molecule has 0 aliphatic heterocycles. The largest absolute Gasteiger partial charge is 0.372 e. The fourth-order valence-corrected chi connectivity index (χ4v) is 3.28. The van der Waals surface area contributed by atoms with E-state index in [1.165, 1.54) is 12.1 Å². The lowest BCUT2D eigenvalue weighted by Crippen LogP contribution is -2.49. The molecule has 1 saturated carbocycles. The molecule has 25 heavy (non-hydrogen) atoms. The molecule has 0 heterocycles. The van der Waals surface area contributed by atoms with Crippen LogP contribution < -0.4 is 5.43 Å². The quantitative estimate of drug-likeness (QED) is 0.635. The Morgan fingerprint density at radius 1 is 1.16 bits per heavy atom. The molecule has 1 aliphatic rings. The molecule has 1 aromatic carbocycles.